The third kappa shape index (κ3) is 7.85. The van der Waals surface area contributed by atoms with E-state index >= 15 is 0 Å². The lowest BCUT2D eigenvalue weighted by Crippen LogP contribution is -2.40. The predicted octanol–water partition coefficient (Wildman–Crippen LogP) is 15.1. The quantitative estimate of drug-likeness (QED) is 0.174. The number of allylic oxidation sites excluding steroid dienone is 19. The van der Waals surface area contributed by atoms with Gasteiger partial charge in [-0.15, -0.1) is 0 Å². The van der Waals surface area contributed by atoms with E-state index in [1.54, 1.807) is 5.57 Å². The third-order valence-corrected chi connectivity index (χ3v) is 16.1. The highest BCUT2D eigenvalue weighted by Gasteiger charge is 2.41. The molecule has 9 aliphatic rings. The minimum absolute atomic E-state index is 0.286. The van der Waals surface area contributed by atoms with Crippen molar-refractivity contribution < 1.29 is 0 Å². The largest absolute Gasteiger partial charge is 0.339 e. The predicted molar refractivity (Wildman–Crippen MR) is 275 cm³/mol. The minimum Gasteiger partial charge on any atom is -0.339 e. The maximum atomic E-state index is 2.75. The van der Waals surface area contributed by atoms with Gasteiger partial charge in [0.25, 0.3) is 0 Å². The van der Waals surface area contributed by atoms with Crippen LogP contribution in [0.4, 0.5) is 17.1 Å². The Morgan fingerprint density at radius 1 is 0.723 bits per heavy atom. The number of benzene rings is 2. The Balaban J connectivity index is 0.864. The van der Waals surface area contributed by atoms with E-state index < -0.39 is 0 Å². The van der Waals surface area contributed by atoms with Crippen LogP contribution >= 0.6 is 0 Å². The maximum Gasteiger partial charge on any atom is 0.0627 e. The third-order valence-electron chi connectivity index (χ3n) is 16.1. The number of rotatable bonds is 10. The molecular weight excluding hydrogens is 789 g/mol. The molecule has 4 nitrogen and oxygen atoms in total. The monoisotopic (exact) mass is 857 g/mol. The summed E-state index contributed by atoms with van der Waals surface area (Å²) >= 11 is 0. The summed E-state index contributed by atoms with van der Waals surface area (Å²) in [6.07, 6.45) is 61.9. The van der Waals surface area contributed by atoms with E-state index in [0.29, 0.717) is 41.8 Å². The molecule has 8 unspecified atom stereocenters. The van der Waals surface area contributed by atoms with Crippen molar-refractivity contribution in [3.63, 3.8) is 0 Å². The second kappa shape index (κ2) is 18.3. The van der Waals surface area contributed by atoms with E-state index in [4.69, 9.17) is 0 Å². The van der Waals surface area contributed by atoms with Crippen molar-refractivity contribution >= 4 is 17.1 Å². The molecule has 2 aromatic rings. The average molecular weight is 857 g/mol. The highest BCUT2D eigenvalue weighted by molar-refractivity contribution is 5.74. The van der Waals surface area contributed by atoms with E-state index in [1.807, 2.05) is 0 Å². The van der Waals surface area contributed by atoms with Crippen molar-refractivity contribution in [1.82, 2.24) is 4.90 Å². The summed E-state index contributed by atoms with van der Waals surface area (Å²) in [7, 11) is 0. The van der Waals surface area contributed by atoms with Crippen LogP contribution < -0.4 is 14.7 Å². The summed E-state index contributed by atoms with van der Waals surface area (Å²) in [5, 5.41) is 0. The Morgan fingerprint density at radius 2 is 1.63 bits per heavy atom. The molecular formula is C61H68N4. The van der Waals surface area contributed by atoms with Gasteiger partial charge in [0.05, 0.1) is 24.2 Å². The summed E-state index contributed by atoms with van der Waals surface area (Å²) in [5.74, 6) is 1.89. The van der Waals surface area contributed by atoms with E-state index in [9.17, 15) is 0 Å². The Morgan fingerprint density at radius 3 is 2.43 bits per heavy atom. The number of hydrogen-bond acceptors (Lipinski definition) is 4. The molecule has 7 aliphatic carbocycles. The standard InChI is InChI=1S/C61H68N4/c1-4-5-19-44(3)62-58-27-16-13-24-53(58)55-42-52(38-39-60(55)62)64(57-26-15-12-18-43(57)2)50-35-31-46(32-36-50)45-29-33-49(34-30-45)63(47-20-8-6-9-21-47)51-37-40-61-56(41-51)54-25-14-17-28-59(54)65(61)48-22-10-7-11-23-48/h4-5,7-8,10,13-17,19-20,22,24-28,31,33,35,37-43,45,47,54-55,57,59-60H,6,9,11-12,18,21,23,29-30,32,34,36H2,1-3H3/b5-4-,44-19+. The van der Waals surface area contributed by atoms with Crippen molar-refractivity contribution in [1.29, 1.82) is 0 Å². The van der Waals surface area contributed by atoms with Crippen LogP contribution in [0.15, 0.2) is 198 Å². The van der Waals surface area contributed by atoms with Crippen LogP contribution in [0.25, 0.3) is 0 Å². The summed E-state index contributed by atoms with van der Waals surface area (Å²) < 4.78 is 0. The lowest BCUT2D eigenvalue weighted by molar-refractivity contribution is 0.260. The molecule has 0 saturated carbocycles. The van der Waals surface area contributed by atoms with Crippen LogP contribution in [-0.4, -0.2) is 29.1 Å². The summed E-state index contributed by atoms with van der Waals surface area (Å²) in [5.41, 5.74) is 15.7. The van der Waals surface area contributed by atoms with Gasteiger partial charge < -0.3 is 19.6 Å². The van der Waals surface area contributed by atoms with E-state index in [1.165, 1.54) is 95.2 Å². The molecule has 8 atom stereocenters. The fraction of sp³-hybridized carbons (Fsp3) is 0.377. The van der Waals surface area contributed by atoms with Crippen LogP contribution in [0.2, 0.25) is 0 Å². The Kier molecular flexibility index (Phi) is 11.8. The second-order valence-corrected chi connectivity index (χ2v) is 20.0. The van der Waals surface area contributed by atoms with Crippen molar-refractivity contribution in [3.8, 4) is 0 Å². The van der Waals surface area contributed by atoms with Gasteiger partial charge in [-0.25, -0.2) is 0 Å². The molecule has 332 valence electrons. The van der Waals surface area contributed by atoms with Crippen LogP contribution in [0.5, 0.6) is 0 Å². The molecule has 0 aromatic heterocycles. The number of para-hydroxylation sites is 1. The number of hydrogen-bond donors (Lipinski definition) is 0. The molecule has 11 rings (SSSR count). The van der Waals surface area contributed by atoms with Crippen LogP contribution in [0.3, 0.4) is 0 Å². The van der Waals surface area contributed by atoms with Gasteiger partial charge in [0, 0.05) is 57.4 Å². The van der Waals surface area contributed by atoms with Gasteiger partial charge in [-0.05, 0) is 162 Å². The molecule has 0 fully saturated rings. The first-order valence-electron chi connectivity index (χ1n) is 25.3. The molecule has 0 amide bonds. The smallest absolute Gasteiger partial charge is 0.0627 e. The highest BCUT2D eigenvalue weighted by Crippen LogP contribution is 2.51. The average Bonchev–Trinajstić information content (AvgIpc) is 3.87. The van der Waals surface area contributed by atoms with Crippen molar-refractivity contribution in [2.75, 3.05) is 14.7 Å². The lowest BCUT2D eigenvalue weighted by atomic mass is 9.81. The zero-order chi connectivity index (χ0) is 43.9. The molecule has 0 radical (unpaired) electrons. The molecule has 0 N–H and O–H groups in total. The Bertz CT molecular complexity index is 2580. The van der Waals surface area contributed by atoms with Gasteiger partial charge in [0.2, 0.25) is 0 Å². The van der Waals surface area contributed by atoms with Gasteiger partial charge in [-0.2, -0.15) is 0 Å². The van der Waals surface area contributed by atoms with Crippen molar-refractivity contribution in [2.24, 2.45) is 11.8 Å². The molecule has 2 aliphatic heterocycles. The van der Waals surface area contributed by atoms with Crippen LogP contribution in [0, 0.1) is 11.8 Å². The zero-order valence-corrected chi connectivity index (χ0v) is 39.0. The molecule has 0 saturated heterocycles. The SMILES string of the molecule is C/C=C\C=C(/C)N1c2ccccc2C2C=C(N(C3=CC=C(C4CC=C(N(c5ccc6c(c5)C5C=CC=CC5N6C5=CC=CCC5)C5C=CCCC5)CC4)CC3)C3C=CCCC3C)C=CC21. The first-order valence-corrected chi connectivity index (χ1v) is 25.3. The summed E-state index contributed by atoms with van der Waals surface area (Å²) in [6, 6.07) is 17.9. The maximum absolute atomic E-state index is 2.75. The van der Waals surface area contributed by atoms with Crippen LogP contribution in [0.1, 0.15) is 121 Å². The molecule has 0 spiro atoms. The fourth-order valence-corrected chi connectivity index (χ4v) is 12.8. The summed E-state index contributed by atoms with van der Waals surface area (Å²) in [4.78, 5) is 10.7. The lowest BCUT2D eigenvalue weighted by Gasteiger charge is -2.42. The topological polar surface area (TPSA) is 13.0 Å². The number of fused-ring (bicyclic) bond motifs is 6. The van der Waals surface area contributed by atoms with Gasteiger partial charge in [0.15, 0.2) is 0 Å². The zero-order valence-electron chi connectivity index (χ0n) is 39.0. The van der Waals surface area contributed by atoms with E-state index in [-0.39, 0.29) is 6.04 Å². The van der Waals surface area contributed by atoms with Gasteiger partial charge in [-0.1, -0.05) is 128 Å². The van der Waals surface area contributed by atoms with E-state index in [0.717, 1.165) is 38.5 Å². The molecule has 0 bridgehead atoms. The Hall–Kier alpha value is -5.74. The van der Waals surface area contributed by atoms with Crippen LogP contribution in [-0.2, 0) is 0 Å². The summed E-state index contributed by atoms with van der Waals surface area (Å²) in [6.45, 7) is 6.82. The Labute approximate surface area is 389 Å². The number of nitrogens with zero attached hydrogens (tertiary/aromatic N) is 4. The molecule has 2 aromatic carbocycles. The molecule has 2 heterocycles. The van der Waals surface area contributed by atoms with Gasteiger partial charge in [0.1, 0.15) is 0 Å². The number of anilines is 3. The fourth-order valence-electron chi connectivity index (χ4n) is 12.8. The van der Waals surface area contributed by atoms with Crippen molar-refractivity contribution in [2.45, 2.75) is 134 Å². The highest BCUT2D eigenvalue weighted by atomic mass is 15.2. The minimum atomic E-state index is 0.286. The van der Waals surface area contributed by atoms with Crippen molar-refractivity contribution in [3.05, 3.63) is 209 Å². The van der Waals surface area contributed by atoms with Gasteiger partial charge >= 0.3 is 0 Å². The van der Waals surface area contributed by atoms with E-state index in [2.05, 4.69) is 204 Å². The molecule has 65 heavy (non-hydrogen) atoms. The van der Waals surface area contributed by atoms with Gasteiger partial charge in [-0.3, -0.25) is 0 Å². The molecule has 4 heteroatoms. The normalized spacial score (nSPS) is 30.0. The first-order chi connectivity index (χ1) is 32.1. The second-order valence-electron chi connectivity index (χ2n) is 20.0. The first kappa shape index (κ1) is 41.9.